The molecule has 0 saturated carbocycles. The van der Waals surface area contributed by atoms with Gasteiger partial charge in [0.25, 0.3) is 0 Å². The predicted octanol–water partition coefficient (Wildman–Crippen LogP) is 7.47. The quantitative estimate of drug-likeness (QED) is 0.0725. The van der Waals surface area contributed by atoms with Crippen molar-refractivity contribution < 1.29 is 57.2 Å². The van der Waals surface area contributed by atoms with Gasteiger partial charge in [0, 0.05) is 49.3 Å². The molecule has 11 amide bonds. The van der Waals surface area contributed by atoms with Gasteiger partial charge in [0.15, 0.2) is 8.32 Å². The standard InChI is InChI=1S/C71H131N11O12Si/c1-31-34-36-47(16)59(94-95(29,30)71(19,20)21)58-63(86)74-50(33-3)65(88)76(22)51(35-32-2)66(89)77(23)53(38-42(6)7)62(85)75-56(45(12)13)69(92)78(24)52(37-41(4)5)61(84)72-48(17)60(83)73-49(18)64(87)79(25)54(39-43(8)9)67(90)80(26)55(40-44(10)11)68(91)81(27)57(46(14)15)70(93)82(58)28/h31,34,41-59H,32-33,35-40H2,1-30H3,(H,72,84)(H,73,83)(H,74,86)(H,75,85)/b34-31+/t47-,48-,49+,50-,51-,52-,53+,54-,55-,56-,57-,58-,59-/m1/s1. The minimum Gasteiger partial charge on any atom is -0.411 e. The Balaban J connectivity index is 4.69. The van der Waals surface area contributed by atoms with Crippen LogP contribution in [0.4, 0.5) is 0 Å². The zero-order valence-electron chi connectivity index (χ0n) is 64.3. The van der Waals surface area contributed by atoms with E-state index in [-0.39, 0.29) is 67.2 Å². The normalized spacial score (nSPS) is 26.5. The predicted molar refractivity (Wildman–Crippen MR) is 378 cm³/mol. The van der Waals surface area contributed by atoms with Gasteiger partial charge in [0.1, 0.15) is 66.5 Å². The van der Waals surface area contributed by atoms with Gasteiger partial charge in [0.05, 0.1) is 6.10 Å². The molecule has 0 aromatic rings. The molecule has 95 heavy (non-hydrogen) atoms. The third-order valence-electron chi connectivity index (χ3n) is 19.1. The van der Waals surface area contributed by atoms with E-state index in [1.165, 1.54) is 97.5 Å². The van der Waals surface area contributed by atoms with Crippen molar-refractivity contribution in [3.8, 4) is 0 Å². The molecule has 1 rings (SSSR count). The number of amides is 11. The van der Waals surface area contributed by atoms with Crippen LogP contribution in [-0.2, 0) is 57.2 Å². The lowest BCUT2D eigenvalue weighted by Crippen LogP contribution is -2.65. The van der Waals surface area contributed by atoms with Crippen LogP contribution in [0.3, 0.4) is 0 Å². The maximum atomic E-state index is 15.9. The summed E-state index contributed by atoms with van der Waals surface area (Å²) >= 11 is 0. The molecule has 1 aliphatic rings. The highest BCUT2D eigenvalue weighted by Gasteiger charge is 2.50. The molecule has 0 aromatic heterocycles. The molecule has 0 unspecified atom stereocenters. The Morgan fingerprint density at radius 3 is 1.26 bits per heavy atom. The first kappa shape index (κ1) is 87.1. The third kappa shape index (κ3) is 24.0. The average molecular weight is 1360 g/mol. The second-order valence-corrected chi connectivity index (χ2v) is 35.7. The first-order valence-electron chi connectivity index (χ1n) is 35.0. The van der Waals surface area contributed by atoms with Crippen molar-refractivity contribution in [2.24, 2.45) is 41.4 Å². The largest absolute Gasteiger partial charge is 0.411 e. The molecule has 4 N–H and O–H groups in total. The number of nitrogens with zero attached hydrogens (tertiary/aromatic N) is 7. The fourth-order valence-corrected chi connectivity index (χ4v) is 13.5. The lowest BCUT2D eigenvalue weighted by molar-refractivity contribution is -0.157. The summed E-state index contributed by atoms with van der Waals surface area (Å²) in [5.41, 5.74) is 0. The number of likely N-dealkylation sites (N-methyl/N-ethyl adjacent to an activating group) is 7. The van der Waals surface area contributed by atoms with Crippen molar-refractivity contribution in [1.29, 1.82) is 0 Å². The zero-order valence-corrected chi connectivity index (χ0v) is 65.3. The molecule has 1 aliphatic heterocycles. The molecule has 24 heteroatoms. The van der Waals surface area contributed by atoms with Crippen LogP contribution >= 0.6 is 0 Å². The Labute approximate surface area is 574 Å². The topological polar surface area (TPSA) is 268 Å². The van der Waals surface area contributed by atoms with Crippen molar-refractivity contribution in [3.63, 3.8) is 0 Å². The van der Waals surface area contributed by atoms with Crippen LogP contribution in [0, 0.1) is 41.4 Å². The van der Waals surface area contributed by atoms with Crippen LogP contribution in [0.25, 0.3) is 0 Å². The second-order valence-electron chi connectivity index (χ2n) is 30.9. The minimum absolute atomic E-state index is 0.0611. The van der Waals surface area contributed by atoms with Crippen molar-refractivity contribution in [1.82, 2.24) is 55.6 Å². The average Bonchev–Trinajstić information content (AvgIpc) is 0.792. The summed E-state index contributed by atoms with van der Waals surface area (Å²) < 4.78 is 7.31. The Hall–Kier alpha value is -5.91. The van der Waals surface area contributed by atoms with Crippen LogP contribution in [0.15, 0.2) is 12.2 Å². The molecule has 0 aliphatic carbocycles. The summed E-state index contributed by atoms with van der Waals surface area (Å²) in [6.07, 6.45) is 4.67. The number of carbonyl (C=O) groups is 11. The summed E-state index contributed by atoms with van der Waals surface area (Å²) in [6.45, 7) is 42.9. The van der Waals surface area contributed by atoms with Crippen LogP contribution in [0.2, 0.25) is 18.1 Å². The molecule has 13 atom stereocenters. The van der Waals surface area contributed by atoms with Gasteiger partial charge in [-0.2, -0.15) is 0 Å². The van der Waals surface area contributed by atoms with Gasteiger partial charge in [-0.15, -0.1) is 0 Å². The highest BCUT2D eigenvalue weighted by atomic mass is 28.4. The molecule has 0 spiro atoms. The molecule has 546 valence electrons. The van der Waals surface area contributed by atoms with Gasteiger partial charge >= 0.3 is 0 Å². The molecular weight excluding hydrogens is 1230 g/mol. The summed E-state index contributed by atoms with van der Waals surface area (Å²) in [5, 5.41) is 11.0. The van der Waals surface area contributed by atoms with E-state index in [0.29, 0.717) is 12.8 Å². The van der Waals surface area contributed by atoms with E-state index in [1.54, 1.807) is 34.6 Å². The highest BCUT2D eigenvalue weighted by molar-refractivity contribution is 6.74. The van der Waals surface area contributed by atoms with Crippen LogP contribution < -0.4 is 21.3 Å². The zero-order chi connectivity index (χ0) is 74.0. The van der Waals surface area contributed by atoms with Gasteiger partial charge in [0.2, 0.25) is 65.0 Å². The molecule has 23 nitrogen and oxygen atoms in total. The van der Waals surface area contributed by atoms with Gasteiger partial charge in [-0.1, -0.05) is 143 Å². The first-order valence-corrected chi connectivity index (χ1v) is 37.9. The smallest absolute Gasteiger partial charge is 0.246 e. The van der Waals surface area contributed by atoms with Gasteiger partial charge in [-0.25, -0.2) is 0 Å². The molecule has 0 bridgehead atoms. The van der Waals surface area contributed by atoms with E-state index in [4.69, 9.17) is 4.43 Å². The summed E-state index contributed by atoms with van der Waals surface area (Å²) in [7, 11) is 7.60. The Bertz CT molecular complexity index is 2620. The van der Waals surface area contributed by atoms with E-state index < -0.39 is 164 Å². The van der Waals surface area contributed by atoms with Crippen LogP contribution in [-0.4, -0.2) is 229 Å². The van der Waals surface area contributed by atoms with E-state index in [2.05, 4.69) is 55.1 Å². The Morgan fingerprint density at radius 1 is 0.453 bits per heavy atom. The van der Waals surface area contributed by atoms with Crippen molar-refractivity contribution in [3.05, 3.63) is 12.2 Å². The number of hydrogen-bond donors (Lipinski definition) is 4. The highest BCUT2D eigenvalue weighted by Crippen LogP contribution is 2.40. The SMILES string of the molecule is C/C=C/C[C@@H](C)[C@@H](O[Si](C)(C)C(C)(C)C)[C@@H]1C(=O)N[C@H](CC)C(=O)N(C)[C@H](CCC)C(=O)N(C)[C@@H](CC(C)C)C(=O)N[C@H](C(C)C)C(=O)N(C)[C@H](CC(C)C)C(=O)N[C@H](C)C(=O)N[C@@H](C)C(=O)N(C)[C@H](CC(C)C)C(=O)N(C)[C@H](CC(C)C)C(=O)N(C)[C@H](C(C)C)C(=O)N1C. The fourth-order valence-electron chi connectivity index (χ4n) is 12.1. The number of carbonyl (C=O) groups excluding carboxylic acids is 11. The Morgan fingerprint density at radius 2 is 0.842 bits per heavy atom. The number of allylic oxidation sites excluding steroid dienone is 2. The monoisotopic (exact) mass is 1360 g/mol. The number of rotatable bonds is 19. The number of nitrogens with one attached hydrogen (secondary N) is 4. The first-order chi connectivity index (χ1) is 43.6. The molecule has 1 heterocycles. The van der Waals surface area contributed by atoms with E-state index in [0.717, 1.165) is 0 Å². The minimum atomic E-state index is -2.82. The molecule has 0 aromatic carbocycles. The van der Waals surface area contributed by atoms with Crippen molar-refractivity contribution in [2.75, 3.05) is 49.3 Å². The fraction of sp³-hybridized carbons (Fsp3) is 0.817. The lowest BCUT2D eigenvalue weighted by atomic mass is 9.91. The van der Waals surface area contributed by atoms with E-state index in [9.17, 15) is 24.0 Å². The van der Waals surface area contributed by atoms with Gasteiger partial charge < -0.3 is 60.0 Å². The molecule has 1 saturated heterocycles. The van der Waals surface area contributed by atoms with Crippen molar-refractivity contribution >= 4 is 73.3 Å². The summed E-state index contributed by atoms with van der Waals surface area (Å²) in [6, 6.07) is -13.2. The molecule has 1 fully saturated rings. The molecule has 0 radical (unpaired) electrons. The van der Waals surface area contributed by atoms with Crippen LogP contribution in [0.1, 0.15) is 197 Å². The Kier molecular flexibility index (Phi) is 35.1. The van der Waals surface area contributed by atoms with Gasteiger partial charge in [-0.3, -0.25) is 52.7 Å². The summed E-state index contributed by atoms with van der Waals surface area (Å²) in [4.78, 5) is 175. The lowest BCUT2D eigenvalue weighted by Gasteiger charge is -2.46. The summed E-state index contributed by atoms with van der Waals surface area (Å²) in [5.74, 6) is -8.91. The van der Waals surface area contributed by atoms with E-state index >= 15 is 28.8 Å². The third-order valence-corrected chi connectivity index (χ3v) is 23.6. The maximum Gasteiger partial charge on any atom is 0.246 e. The van der Waals surface area contributed by atoms with E-state index in [1.807, 2.05) is 88.3 Å². The second kappa shape index (κ2) is 38.3. The number of hydrogen-bond acceptors (Lipinski definition) is 12. The molecular formula is C71H131N11O12Si. The van der Waals surface area contributed by atoms with Crippen molar-refractivity contribution in [2.45, 2.75) is 287 Å². The van der Waals surface area contributed by atoms with Crippen LogP contribution in [0.5, 0.6) is 0 Å². The maximum absolute atomic E-state index is 15.9. The van der Waals surface area contributed by atoms with Gasteiger partial charge in [-0.05, 0) is 125 Å².